The molecule has 2 aromatic carbocycles. The van der Waals surface area contributed by atoms with Crippen molar-refractivity contribution >= 4 is 49.5 Å². The molecule has 0 N–H and O–H groups in total. The normalized spacial score (nSPS) is 15.5. The highest BCUT2D eigenvalue weighted by molar-refractivity contribution is 7.92. The average Bonchev–Trinajstić information content (AvgIpc) is 3.17. The molecule has 0 amide bonds. The fraction of sp³-hybridized carbons (Fsp3) is 0.250. The maximum absolute atomic E-state index is 14.0. The fourth-order valence-corrected chi connectivity index (χ4v) is 6.68. The number of hydrogen-bond donors (Lipinski definition) is 0. The molecule has 158 valence electrons. The van der Waals surface area contributed by atoms with Crippen molar-refractivity contribution in [3.63, 3.8) is 0 Å². The van der Waals surface area contributed by atoms with Crippen LogP contribution in [0.4, 0.5) is 13.9 Å². The zero-order valence-electron chi connectivity index (χ0n) is 15.5. The Kier molecular flexibility index (Phi) is 6.03. The second-order valence-electron chi connectivity index (χ2n) is 6.98. The van der Waals surface area contributed by atoms with E-state index in [4.69, 9.17) is 23.2 Å². The third kappa shape index (κ3) is 4.32. The third-order valence-electron chi connectivity index (χ3n) is 5.00. The summed E-state index contributed by atoms with van der Waals surface area (Å²) in [7, 11) is -3.88. The van der Waals surface area contributed by atoms with Crippen LogP contribution in [0.2, 0.25) is 10.0 Å². The standard InChI is InChI=1S/C20H16Cl2F2N2O2S2/c21-13-7-12(8-14(22)9-13)18-11-29-20(25-18)26-5-3-16(4-6-26)30(27,28)19-2-1-15(23)10-17(19)24/h1-2,7-11,16H,3-6H2. The van der Waals surface area contributed by atoms with Gasteiger partial charge in [0.25, 0.3) is 0 Å². The summed E-state index contributed by atoms with van der Waals surface area (Å²) >= 11 is 13.6. The first kappa shape index (κ1) is 21.5. The van der Waals surface area contributed by atoms with Gasteiger partial charge in [-0.2, -0.15) is 0 Å². The first-order chi connectivity index (χ1) is 14.2. The SMILES string of the molecule is O=S(=O)(c1ccc(F)cc1F)C1CCN(c2nc(-c3cc(Cl)cc(Cl)c3)cs2)CC1. The van der Waals surface area contributed by atoms with E-state index in [1.165, 1.54) is 11.3 Å². The Balaban J connectivity index is 1.48. The third-order valence-corrected chi connectivity index (χ3v) is 8.63. The second-order valence-corrected chi connectivity index (χ2v) is 10.9. The monoisotopic (exact) mass is 488 g/mol. The van der Waals surface area contributed by atoms with Gasteiger partial charge in [0, 0.05) is 40.1 Å². The van der Waals surface area contributed by atoms with Crippen LogP contribution in [0.1, 0.15) is 12.8 Å². The van der Waals surface area contributed by atoms with Gasteiger partial charge in [-0.3, -0.25) is 0 Å². The maximum atomic E-state index is 14.0. The number of halogens is 4. The molecule has 0 saturated carbocycles. The van der Waals surface area contributed by atoms with Gasteiger partial charge in [0.15, 0.2) is 15.0 Å². The summed E-state index contributed by atoms with van der Waals surface area (Å²) in [5, 5.41) is 2.98. The van der Waals surface area contributed by atoms with E-state index in [0.29, 0.717) is 42.0 Å². The van der Waals surface area contributed by atoms with Gasteiger partial charge in [0.1, 0.15) is 16.5 Å². The molecule has 1 aliphatic rings. The van der Waals surface area contributed by atoms with Crippen molar-refractivity contribution in [1.29, 1.82) is 0 Å². The summed E-state index contributed by atoms with van der Waals surface area (Å²) in [5.41, 5.74) is 1.54. The molecule has 0 atom stereocenters. The largest absolute Gasteiger partial charge is 0.348 e. The predicted molar refractivity (Wildman–Crippen MR) is 116 cm³/mol. The predicted octanol–water partition coefficient (Wildman–Crippen LogP) is 5.84. The minimum Gasteiger partial charge on any atom is -0.348 e. The lowest BCUT2D eigenvalue weighted by atomic mass is 10.1. The van der Waals surface area contributed by atoms with Crippen LogP contribution in [0.25, 0.3) is 11.3 Å². The Labute approximate surface area is 187 Å². The van der Waals surface area contributed by atoms with Crippen molar-refractivity contribution in [2.75, 3.05) is 18.0 Å². The molecule has 0 unspecified atom stereocenters. The maximum Gasteiger partial charge on any atom is 0.185 e. The molecule has 1 aliphatic heterocycles. The van der Waals surface area contributed by atoms with Gasteiger partial charge in [-0.05, 0) is 43.2 Å². The molecule has 4 rings (SSSR count). The van der Waals surface area contributed by atoms with E-state index in [-0.39, 0.29) is 0 Å². The summed E-state index contributed by atoms with van der Waals surface area (Å²) in [4.78, 5) is 6.19. The van der Waals surface area contributed by atoms with E-state index in [2.05, 4.69) is 4.98 Å². The zero-order chi connectivity index (χ0) is 21.5. The molecular weight excluding hydrogens is 473 g/mol. The molecule has 2 heterocycles. The molecular formula is C20H16Cl2F2N2O2S2. The Morgan fingerprint density at radius 3 is 2.33 bits per heavy atom. The van der Waals surface area contributed by atoms with Crippen molar-refractivity contribution in [2.24, 2.45) is 0 Å². The summed E-state index contributed by atoms with van der Waals surface area (Å²) in [5.74, 6) is -1.86. The number of nitrogens with zero attached hydrogens (tertiary/aromatic N) is 2. The minimum absolute atomic E-state index is 0.330. The van der Waals surface area contributed by atoms with Gasteiger partial charge >= 0.3 is 0 Å². The van der Waals surface area contributed by atoms with E-state index in [0.717, 1.165) is 28.5 Å². The van der Waals surface area contributed by atoms with Gasteiger partial charge in [0.05, 0.1) is 10.9 Å². The number of aromatic nitrogens is 1. The van der Waals surface area contributed by atoms with E-state index >= 15 is 0 Å². The molecule has 0 spiro atoms. The molecule has 1 saturated heterocycles. The molecule has 0 bridgehead atoms. The number of hydrogen-bond acceptors (Lipinski definition) is 5. The Bertz CT molecular complexity index is 1170. The molecule has 1 fully saturated rings. The molecule has 1 aromatic heterocycles. The zero-order valence-corrected chi connectivity index (χ0v) is 18.6. The van der Waals surface area contributed by atoms with Crippen molar-refractivity contribution in [1.82, 2.24) is 4.98 Å². The second kappa shape index (κ2) is 8.42. The highest BCUT2D eigenvalue weighted by Gasteiger charge is 2.34. The van der Waals surface area contributed by atoms with Crippen LogP contribution in [-0.4, -0.2) is 31.7 Å². The molecule has 3 aromatic rings. The van der Waals surface area contributed by atoms with Crippen LogP contribution >= 0.6 is 34.5 Å². The van der Waals surface area contributed by atoms with Crippen LogP contribution in [0.3, 0.4) is 0 Å². The van der Waals surface area contributed by atoms with Crippen LogP contribution in [0.15, 0.2) is 46.7 Å². The Morgan fingerprint density at radius 2 is 1.70 bits per heavy atom. The van der Waals surface area contributed by atoms with Gasteiger partial charge in [-0.1, -0.05) is 23.2 Å². The Hall–Kier alpha value is -1.74. The lowest BCUT2D eigenvalue weighted by Gasteiger charge is -2.31. The van der Waals surface area contributed by atoms with Crippen molar-refractivity contribution < 1.29 is 17.2 Å². The number of rotatable bonds is 4. The Morgan fingerprint density at radius 1 is 1.03 bits per heavy atom. The highest BCUT2D eigenvalue weighted by atomic mass is 35.5. The van der Waals surface area contributed by atoms with Crippen LogP contribution in [0.5, 0.6) is 0 Å². The summed E-state index contributed by atoms with van der Waals surface area (Å²) in [6.07, 6.45) is 0.661. The summed E-state index contributed by atoms with van der Waals surface area (Å²) in [6.45, 7) is 0.936. The van der Waals surface area contributed by atoms with E-state index in [1.54, 1.807) is 18.2 Å². The lowest BCUT2D eigenvalue weighted by Crippen LogP contribution is -2.39. The fourth-order valence-electron chi connectivity index (χ4n) is 3.49. The minimum atomic E-state index is -3.88. The quantitative estimate of drug-likeness (QED) is 0.433. The van der Waals surface area contributed by atoms with Crippen molar-refractivity contribution in [3.05, 3.63) is 63.5 Å². The molecule has 10 heteroatoms. The van der Waals surface area contributed by atoms with Crippen molar-refractivity contribution in [2.45, 2.75) is 23.0 Å². The highest BCUT2D eigenvalue weighted by Crippen LogP contribution is 2.34. The summed E-state index contributed by atoms with van der Waals surface area (Å²) in [6, 6.07) is 7.76. The van der Waals surface area contributed by atoms with E-state index in [9.17, 15) is 17.2 Å². The van der Waals surface area contributed by atoms with Crippen LogP contribution in [-0.2, 0) is 9.84 Å². The van der Waals surface area contributed by atoms with Gasteiger partial charge in [-0.15, -0.1) is 11.3 Å². The topological polar surface area (TPSA) is 50.3 Å². The number of benzene rings is 2. The van der Waals surface area contributed by atoms with E-state index < -0.39 is 31.6 Å². The average molecular weight is 489 g/mol. The number of piperidine rings is 1. The first-order valence-electron chi connectivity index (χ1n) is 9.10. The number of anilines is 1. The van der Waals surface area contributed by atoms with Crippen LogP contribution < -0.4 is 4.90 Å². The number of sulfone groups is 1. The smallest absolute Gasteiger partial charge is 0.185 e. The first-order valence-corrected chi connectivity index (χ1v) is 12.3. The van der Waals surface area contributed by atoms with E-state index in [1.807, 2.05) is 10.3 Å². The van der Waals surface area contributed by atoms with Gasteiger partial charge in [0.2, 0.25) is 0 Å². The molecule has 4 nitrogen and oxygen atoms in total. The van der Waals surface area contributed by atoms with Gasteiger partial charge in [-0.25, -0.2) is 22.2 Å². The lowest BCUT2D eigenvalue weighted by molar-refractivity contribution is 0.516. The molecule has 30 heavy (non-hydrogen) atoms. The molecule has 0 radical (unpaired) electrons. The van der Waals surface area contributed by atoms with Gasteiger partial charge < -0.3 is 4.90 Å². The van der Waals surface area contributed by atoms with Crippen molar-refractivity contribution in [3.8, 4) is 11.3 Å². The summed E-state index contributed by atoms with van der Waals surface area (Å²) < 4.78 is 52.7. The number of thiazole rings is 1. The van der Waals surface area contributed by atoms with Crippen LogP contribution in [0, 0.1) is 11.6 Å². The molecule has 0 aliphatic carbocycles.